The molecule has 1 aliphatic rings. The molecule has 19 heavy (non-hydrogen) atoms. The lowest BCUT2D eigenvalue weighted by molar-refractivity contribution is -0.118. The third-order valence-corrected chi connectivity index (χ3v) is 9.46. The first-order valence-corrected chi connectivity index (χ1v) is 10.2. The van der Waals surface area contributed by atoms with Gasteiger partial charge >= 0.3 is 0 Å². The summed E-state index contributed by atoms with van der Waals surface area (Å²) in [6.07, 6.45) is 3.32. The van der Waals surface area contributed by atoms with E-state index in [1.807, 2.05) is 6.08 Å². The molecule has 0 unspecified atom stereocenters. The van der Waals surface area contributed by atoms with E-state index < -0.39 is 8.32 Å². The van der Waals surface area contributed by atoms with E-state index in [4.69, 9.17) is 4.43 Å². The van der Waals surface area contributed by atoms with Crippen LogP contribution in [0.4, 0.5) is 0 Å². The first-order chi connectivity index (χ1) is 8.41. The van der Waals surface area contributed by atoms with E-state index in [-0.39, 0.29) is 22.3 Å². The molecule has 0 fully saturated rings. The minimum Gasteiger partial charge on any atom is -0.413 e. The van der Waals surface area contributed by atoms with Crippen molar-refractivity contribution in [2.75, 3.05) is 0 Å². The molecule has 0 N–H and O–H groups in total. The van der Waals surface area contributed by atoms with Crippen molar-refractivity contribution in [3.05, 3.63) is 11.6 Å². The summed E-state index contributed by atoms with van der Waals surface area (Å²) < 4.78 is 6.54. The Morgan fingerprint density at radius 2 is 1.89 bits per heavy atom. The van der Waals surface area contributed by atoms with Crippen molar-refractivity contribution < 1.29 is 9.22 Å². The molecule has 0 heterocycles. The fraction of sp³-hybridized carbons (Fsp3) is 0.812. The maximum absolute atomic E-state index is 11.9. The molecular weight excluding hydrogens is 252 g/mol. The van der Waals surface area contributed by atoms with Crippen molar-refractivity contribution >= 4 is 14.1 Å². The van der Waals surface area contributed by atoms with Gasteiger partial charge in [-0.05, 0) is 30.6 Å². The number of hydrogen-bond acceptors (Lipinski definition) is 2. The molecule has 2 nitrogen and oxygen atoms in total. The second-order valence-corrected chi connectivity index (χ2v) is 12.5. The zero-order chi connectivity index (χ0) is 15.1. The zero-order valence-corrected chi connectivity index (χ0v) is 14.9. The number of hydrogen-bond donors (Lipinski definition) is 0. The summed E-state index contributed by atoms with van der Waals surface area (Å²) in [4.78, 5) is 11.9. The normalized spacial score (nSPS) is 24.3. The average Bonchev–Trinajstić information content (AvgIpc) is 2.21. The summed E-state index contributed by atoms with van der Waals surface area (Å²) in [5, 5.41) is 0.180. The predicted octanol–water partition coefficient (Wildman–Crippen LogP) is 4.71. The second-order valence-electron chi connectivity index (χ2n) is 7.78. The van der Waals surface area contributed by atoms with Gasteiger partial charge in [-0.2, -0.15) is 0 Å². The molecule has 0 aromatic heterocycles. The van der Waals surface area contributed by atoms with Crippen LogP contribution >= 0.6 is 0 Å². The van der Waals surface area contributed by atoms with Gasteiger partial charge in [-0.1, -0.05) is 47.1 Å². The molecule has 0 radical (unpaired) electrons. The van der Waals surface area contributed by atoms with Crippen LogP contribution < -0.4 is 0 Å². The molecule has 0 bridgehead atoms. The largest absolute Gasteiger partial charge is 0.413 e. The van der Waals surface area contributed by atoms with Crippen LogP contribution in [0.25, 0.3) is 0 Å². The molecule has 110 valence electrons. The molecule has 1 atom stereocenters. The maximum Gasteiger partial charge on any atom is 0.192 e. The van der Waals surface area contributed by atoms with Crippen LogP contribution in [0.3, 0.4) is 0 Å². The molecule has 1 rings (SSSR count). The molecule has 0 amide bonds. The lowest BCUT2D eigenvalue weighted by Crippen LogP contribution is -2.50. The van der Waals surface area contributed by atoms with E-state index in [9.17, 15) is 4.79 Å². The maximum atomic E-state index is 11.9. The van der Waals surface area contributed by atoms with Gasteiger partial charge in [0, 0.05) is 11.8 Å². The van der Waals surface area contributed by atoms with E-state index >= 15 is 0 Å². The van der Waals surface area contributed by atoms with Crippen LogP contribution in [0, 0.1) is 5.41 Å². The number of carbonyl (C=O) groups is 1. The van der Waals surface area contributed by atoms with Crippen molar-refractivity contribution in [2.45, 2.75) is 78.6 Å². The van der Waals surface area contributed by atoms with Crippen molar-refractivity contribution in [3.8, 4) is 0 Å². The highest BCUT2D eigenvalue weighted by Crippen LogP contribution is 2.44. The quantitative estimate of drug-likeness (QED) is 0.701. The van der Waals surface area contributed by atoms with Gasteiger partial charge in [0.05, 0.1) is 6.10 Å². The van der Waals surface area contributed by atoms with E-state index in [1.165, 1.54) is 5.57 Å². The third kappa shape index (κ3) is 3.37. The molecule has 0 aromatic carbocycles. The predicted molar refractivity (Wildman–Crippen MR) is 83.8 cm³/mol. The van der Waals surface area contributed by atoms with Gasteiger partial charge in [-0.25, -0.2) is 0 Å². The monoisotopic (exact) mass is 282 g/mol. The molecule has 0 aromatic rings. The van der Waals surface area contributed by atoms with Crippen LogP contribution in [0.1, 0.15) is 54.4 Å². The van der Waals surface area contributed by atoms with Crippen LogP contribution in [-0.2, 0) is 9.22 Å². The minimum atomic E-state index is -1.83. The Kier molecular flexibility index (Phi) is 4.53. The first-order valence-electron chi connectivity index (χ1n) is 7.33. The van der Waals surface area contributed by atoms with Gasteiger partial charge in [-0.3, -0.25) is 4.79 Å². The third-order valence-electron chi connectivity index (χ3n) is 4.98. The summed E-state index contributed by atoms with van der Waals surface area (Å²) >= 11 is 0. The number of carbonyl (C=O) groups excluding carboxylic acids is 1. The Bertz CT molecular complexity index is 386. The zero-order valence-electron chi connectivity index (χ0n) is 13.9. The van der Waals surface area contributed by atoms with Gasteiger partial charge < -0.3 is 4.43 Å². The van der Waals surface area contributed by atoms with E-state index in [1.54, 1.807) is 0 Å². The molecule has 1 aliphatic carbocycles. The fourth-order valence-corrected chi connectivity index (χ4v) is 3.81. The Morgan fingerprint density at radius 3 is 2.32 bits per heavy atom. The summed E-state index contributed by atoms with van der Waals surface area (Å²) in [5.41, 5.74) is 1.20. The van der Waals surface area contributed by atoms with Gasteiger partial charge in [0.1, 0.15) is 0 Å². The highest BCUT2D eigenvalue weighted by atomic mass is 28.4. The minimum absolute atomic E-state index is 0.0286. The van der Waals surface area contributed by atoms with Gasteiger partial charge in [-0.15, -0.1) is 0 Å². The van der Waals surface area contributed by atoms with Crippen LogP contribution in [0.5, 0.6) is 0 Å². The lowest BCUT2D eigenvalue weighted by Gasteiger charge is -2.46. The van der Waals surface area contributed by atoms with E-state index in [2.05, 4.69) is 54.6 Å². The summed E-state index contributed by atoms with van der Waals surface area (Å²) in [6.45, 7) is 17.8. The van der Waals surface area contributed by atoms with Crippen LogP contribution in [0.15, 0.2) is 11.6 Å². The first kappa shape index (κ1) is 16.6. The Labute approximate surface area is 119 Å². The van der Waals surface area contributed by atoms with Gasteiger partial charge in [0.2, 0.25) is 0 Å². The average molecular weight is 282 g/mol. The second kappa shape index (κ2) is 5.17. The van der Waals surface area contributed by atoms with Gasteiger partial charge in [0.15, 0.2) is 14.1 Å². The summed E-state index contributed by atoms with van der Waals surface area (Å²) in [7, 11) is -1.83. The van der Waals surface area contributed by atoms with Crippen molar-refractivity contribution in [3.63, 3.8) is 0 Å². The highest BCUT2D eigenvalue weighted by molar-refractivity contribution is 6.74. The van der Waals surface area contributed by atoms with E-state index in [0.29, 0.717) is 6.42 Å². The fourth-order valence-electron chi connectivity index (χ4n) is 2.36. The molecule has 3 heteroatoms. The number of ketones is 1. The molecule has 0 saturated carbocycles. The lowest BCUT2D eigenvalue weighted by atomic mass is 9.72. The molecule has 0 spiro atoms. The number of rotatable bonds is 3. The van der Waals surface area contributed by atoms with E-state index in [0.717, 1.165) is 6.42 Å². The smallest absolute Gasteiger partial charge is 0.192 e. The SMILES string of the molecule is CCC1=CC(=O)C[C@H](O[Si](C)(C)C(C)(C)C)C1(C)C. The van der Waals surface area contributed by atoms with Gasteiger partial charge in [0.25, 0.3) is 0 Å². The van der Waals surface area contributed by atoms with Crippen LogP contribution in [-0.4, -0.2) is 20.2 Å². The Morgan fingerprint density at radius 1 is 1.37 bits per heavy atom. The molecule has 0 saturated heterocycles. The molecule has 0 aliphatic heterocycles. The molecular formula is C16H30O2Si. The Balaban J connectivity index is 3.02. The Hall–Kier alpha value is -0.413. The van der Waals surface area contributed by atoms with Crippen LogP contribution in [0.2, 0.25) is 18.1 Å². The van der Waals surface area contributed by atoms with Crippen molar-refractivity contribution in [2.24, 2.45) is 5.41 Å². The number of allylic oxidation sites excluding steroid dienone is 1. The van der Waals surface area contributed by atoms with Crippen molar-refractivity contribution in [1.82, 2.24) is 0 Å². The highest BCUT2D eigenvalue weighted by Gasteiger charge is 2.45. The summed E-state index contributed by atoms with van der Waals surface area (Å²) in [5.74, 6) is 0.222. The van der Waals surface area contributed by atoms with Crippen molar-refractivity contribution in [1.29, 1.82) is 0 Å². The topological polar surface area (TPSA) is 26.3 Å². The summed E-state index contributed by atoms with van der Waals surface area (Å²) in [6, 6.07) is 0. The standard InChI is InChI=1S/C16H30O2Si/c1-9-12-10-13(17)11-14(16(12,5)6)18-19(7,8)15(2,3)4/h10,14H,9,11H2,1-8H3/t14-/m0/s1.